The third-order valence-electron chi connectivity index (χ3n) is 3.52. The topological polar surface area (TPSA) is 24.8 Å². The van der Waals surface area contributed by atoms with Crippen LogP contribution in [0, 0.1) is 0 Å². The molecule has 4 heteroatoms. The minimum atomic E-state index is 0.372. The molecule has 3 nitrogen and oxygen atoms in total. The van der Waals surface area contributed by atoms with Crippen molar-refractivity contribution in [2.75, 3.05) is 26.2 Å². The Morgan fingerprint density at radius 1 is 1.19 bits per heavy atom. The van der Waals surface area contributed by atoms with E-state index in [2.05, 4.69) is 10.1 Å². The number of allylic oxidation sites excluding steroid dienone is 1. The van der Waals surface area contributed by atoms with E-state index < -0.39 is 0 Å². The van der Waals surface area contributed by atoms with Gasteiger partial charge in [0.25, 0.3) is 0 Å². The second-order valence-electron chi connectivity index (χ2n) is 5.25. The lowest BCUT2D eigenvalue weighted by Gasteiger charge is -2.25. The van der Waals surface area contributed by atoms with Crippen molar-refractivity contribution in [2.24, 2.45) is 5.16 Å². The molecule has 0 aromatic heterocycles. The summed E-state index contributed by atoms with van der Waals surface area (Å²) in [6.45, 7) is 4.16. The maximum absolute atomic E-state index is 5.99. The van der Waals surface area contributed by atoms with Crippen LogP contribution >= 0.6 is 11.6 Å². The average Bonchev–Trinajstić information content (AvgIpc) is 2.54. The number of benzene rings is 1. The summed E-state index contributed by atoms with van der Waals surface area (Å²) in [5, 5.41) is 4.27. The summed E-state index contributed by atoms with van der Waals surface area (Å²) in [6.07, 6.45) is 8.70. The molecule has 114 valence electrons. The van der Waals surface area contributed by atoms with E-state index >= 15 is 0 Å². The van der Waals surface area contributed by atoms with Crippen LogP contribution in [0.15, 0.2) is 41.6 Å². The van der Waals surface area contributed by atoms with Crippen molar-refractivity contribution in [3.8, 4) is 0 Å². The fraction of sp³-hybridized carbons (Fsp3) is 0.471. The van der Waals surface area contributed by atoms with Gasteiger partial charge in [0.1, 0.15) is 6.61 Å². The molecule has 0 amide bonds. The van der Waals surface area contributed by atoms with E-state index in [0.29, 0.717) is 11.8 Å². The molecule has 2 rings (SSSR count). The zero-order valence-electron chi connectivity index (χ0n) is 12.4. The second-order valence-corrected chi connectivity index (χ2v) is 5.63. The number of likely N-dealkylation sites (tertiary alicyclic amines) is 1. The Labute approximate surface area is 132 Å². The molecule has 0 radical (unpaired) electrons. The quantitative estimate of drug-likeness (QED) is 0.429. The van der Waals surface area contributed by atoms with Gasteiger partial charge in [0.2, 0.25) is 0 Å². The summed E-state index contributed by atoms with van der Waals surface area (Å²) in [7, 11) is 0. The van der Waals surface area contributed by atoms with Crippen LogP contribution in [0.5, 0.6) is 0 Å². The van der Waals surface area contributed by atoms with E-state index in [-0.39, 0.29) is 0 Å². The smallest absolute Gasteiger partial charge is 0.168 e. The molecule has 1 saturated heterocycles. The van der Waals surface area contributed by atoms with Gasteiger partial charge >= 0.3 is 0 Å². The first-order chi connectivity index (χ1) is 10.3. The van der Waals surface area contributed by atoms with Gasteiger partial charge in [-0.2, -0.15) is 0 Å². The molecule has 1 aromatic rings. The predicted molar refractivity (Wildman–Crippen MR) is 89.6 cm³/mol. The van der Waals surface area contributed by atoms with E-state index in [0.717, 1.165) is 18.5 Å². The highest BCUT2D eigenvalue weighted by Gasteiger charge is 2.08. The van der Waals surface area contributed by atoms with Crippen LogP contribution in [0.2, 0.25) is 0 Å². The molecule has 1 aliphatic rings. The van der Waals surface area contributed by atoms with E-state index in [1.54, 1.807) is 6.08 Å². The van der Waals surface area contributed by atoms with Crippen LogP contribution in [0.25, 0.3) is 6.08 Å². The van der Waals surface area contributed by atoms with Gasteiger partial charge in [-0.25, -0.2) is 0 Å². The van der Waals surface area contributed by atoms with Crippen LogP contribution in [0.3, 0.4) is 0 Å². The number of hydrogen-bond acceptors (Lipinski definition) is 3. The van der Waals surface area contributed by atoms with Crippen molar-refractivity contribution in [1.29, 1.82) is 0 Å². The zero-order valence-corrected chi connectivity index (χ0v) is 13.1. The Hall–Kier alpha value is -1.32. The third kappa shape index (κ3) is 6.78. The SMILES string of the molecule is ClC(/C=C/c1ccccc1)=N\OCCCN1CCCCC1. The Kier molecular flexibility index (Phi) is 7.33. The number of halogens is 1. The van der Waals surface area contributed by atoms with E-state index in [9.17, 15) is 0 Å². The van der Waals surface area contributed by atoms with Crippen molar-refractivity contribution in [2.45, 2.75) is 25.7 Å². The highest BCUT2D eigenvalue weighted by atomic mass is 35.5. The first kappa shape index (κ1) is 16.1. The molecule has 0 N–H and O–H groups in total. The van der Waals surface area contributed by atoms with E-state index in [4.69, 9.17) is 16.4 Å². The highest BCUT2D eigenvalue weighted by molar-refractivity contribution is 6.68. The molecule has 0 aliphatic carbocycles. The van der Waals surface area contributed by atoms with Crippen LogP contribution < -0.4 is 0 Å². The number of piperidine rings is 1. The molecule has 1 aromatic carbocycles. The Bertz CT molecular complexity index is 453. The van der Waals surface area contributed by atoms with Gasteiger partial charge in [-0.05, 0) is 44.0 Å². The van der Waals surface area contributed by atoms with Crippen LogP contribution in [-0.4, -0.2) is 36.3 Å². The predicted octanol–water partition coefficient (Wildman–Crippen LogP) is 4.14. The van der Waals surface area contributed by atoms with Crippen LogP contribution in [0.1, 0.15) is 31.2 Å². The lowest BCUT2D eigenvalue weighted by Crippen LogP contribution is -2.31. The fourth-order valence-electron chi connectivity index (χ4n) is 2.40. The third-order valence-corrected chi connectivity index (χ3v) is 3.72. The van der Waals surface area contributed by atoms with E-state index in [1.807, 2.05) is 36.4 Å². The first-order valence-corrected chi connectivity index (χ1v) is 8.03. The minimum Gasteiger partial charge on any atom is -0.395 e. The number of nitrogens with zero attached hydrogens (tertiary/aromatic N) is 2. The van der Waals surface area contributed by atoms with Gasteiger partial charge in [0, 0.05) is 6.54 Å². The summed E-state index contributed by atoms with van der Waals surface area (Å²) < 4.78 is 0. The summed E-state index contributed by atoms with van der Waals surface area (Å²) in [5.41, 5.74) is 1.09. The van der Waals surface area contributed by atoms with Crippen molar-refractivity contribution < 1.29 is 4.84 Å². The van der Waals surface area contributed by atoms with Crippen LogP contribution in [-0.2, 0) is 4.84 Å². The van der Waals surface area contributed by atoms with Gasteiger partial charge in [-0.1, -0.05) is 59.6 Å². The van der Waals surface area contributed by atoms with Gasteiger partial charge in [-0.15, -0.1) is 0 Å². The molecular weight excluding hydrogens is 284 g/mol. The summed E-state index contributed by atoms with van der Waals surface area (Å²) in [6, 6.07) is 9.99. The van der Waals surface area contributed by atoms with Gasteiger partial charge in [0.05, 0.1) is 0 Å². The monoisotopic (exact) mass is 306 g/mol. The molecule has 0 atom stereocenters. The largest absolute Gasteiger partial charge is 0.395 e. The molecule has 0 spiro atoms. The molecular formula is C17H23ClN2O. The first-order valence-electron chi connectivity index (χ1n) is 7.65. The normalized spacial score (nSPS) is 17.3. The molecule has 1 heterocycles. The molecule has 0 saturated carbocycles. The summed E-state index contributed by atoms with van der Waals surface area (Å²) in [5.74, 6) is 0. The van der Waals surface area contributed by atoms with Crippen molar-refractivity contribution in [3.63, 3.8) is 0 Å². The fourth-order valence-corrected chi connectivity index (χ4v) is 2.51. The van der Waals surface area contributed by atoms with Crippen LogP contribution in [0.4, 0.5) is 0 Å². The summed E-state index contributed by atoms with van der Waals surface area (Å²) in [4.78, 5) is 7.75. The van der Waals surface area contributed by atoms with Gasteiger partial charge < -0.3 is 9.74 Å². The lowest BCUT2D eigenvalue weighted by atomic mass is 10.1. The zero-order chi connectivity index (χ0) is 14.8. The maximum Gasteiger partial charge on any atom is 0.168 e. The molecule has 1 aliphatic heterocycles. The Balaban J connectivity index is 1.61. The molecule has 21 heavy (non-hydrogen) atoms. The number of rotatable bonds is 7. The Morgan fingerprint density at radius 2 is 1.95 bits per heavy atom. The second kappa shape index (κ2) is 9.59. The Morgan fingerprint density at radius 3 is 2.71 bits per heavy atom. The number of hydrogen-bond donors (Lipinski definition) is 0. The number of oxime groups is 1. The van der Waals surface area contributed by atoms with E-state index in [1.165, 1.54) is 32.4 Å². The molecule has 1 fully saturated rings. The minimum absolute atomic E-state index is 0.372. The van der Waals surface area contributed by atoms with Crippen molar-refractivity contribution >= 4 is 22.8 Å². The van der Waals surface area contributed by atoms with Gasteiger partial charge in [-0.3, -0.25) is 0 Å². The average molecular weight is 307 g/mol. The van der Waals surface area contributed by atoms with Gasteiger partial charge in [0.15, 0.2) is 5.17 Å². The summed E-state index contributed by atoms with van der Waals surface area (Å²) >= 11 is 5.99. The molecule has 0 bridgehead atoms. The maximum atomic E-state index is 5.99. The standard InChI is InChI=1S/C17H23ClN2O/c18-17(11-10-16-8-3-1-4-9-16)19-21-15-7-14-20-12-5-2-6-13-20/h1,3-4,8-11H,2,5-7,12-15H2/b11-10+,19-17-. The molecule has 0 unspecified atom stereocenters. The highest BCUT2D eigenvalue weighted by Crippen LogP contribution is 2.08. The lowest BCUT2D eigenvalue weighted by molar-refractivity contribution is 0.125. The van der Waals surface area contributed by atoms with Crippen molar-refractivity contribution in [1.82, 2.24) is 4.90 Å². The van der Waals surface area contributed by atoms with Crippen molar-refractivity contribution in [3.05, 3.63) is 42.0 Å².